The van der Waals surface area contributed by atoms with Crippen molar-refractivity contribution in [2.45, 2.75) is 20.3 Å². The van der Waals surface area contributed by atoms with Gasteiger partial charge in [-0.3, -0.25) is 4.79 Å². The highest BCUT2D eigenvalue weighted by atomic mass is 35.5. The van der Waals surface area contributed by atoms with Crippen LogP contribution in [-0.4, -0.2) is 12.4 Å². The molecule has 0 aliphatic carbocycles. The largest absolute Gasteiger partial charge is 0.493 e. The third kappa shape index (κ3) is 3.38. The Morgan fingerprint density at radius 1 is 1.50 bits per heavy atom. The summed E-state index contributed by atoms with van der Waals surface area (Å²) >= 11 is 5.79. The van der Waals surface area contributed by atoms with Gasteiger partial charge in [0.1, 0.15) is 11.5 Å². The average molecular weight is 213 g/mol. The minimum Gasteiger partial charge on any atom is -0.493 e. The number of ketones is 1. The maximum atomic E-state index is 10.7. The first-order valence-electron chi connectivity index (χ1n) is 4.48. The second-order valence-electron chi connectivity index (χ2n) is 3.21. The van der Waals surface area contributed by atoms with Crippen molar-refractivity contribution in [2.75, 3.05) is 6.61 Å². The fourth-order valence-corrected chi connectivity index (χ4v) is 1.31. The van der Waals surface area contributed by atoms with Gasteiger partial charge in [-0.15, -0.1) is 0 Å². The Kier molecular flexibility index (Phi) is 3.96. The smallest absolute Gasteiger partial charge is 0.133 e. The summed E-state index contributed by atoms with van der Waals surface area (Å²) < 4.78 is 5.42. The van der Waals surface area contributed by atoms with Crippen molar-refractivity contribution in [2.24, 2.45) is 0 Å². The summed E-state index contributed by atoms with van der Waals surface area (Å²) in [7, 11) is 0. The molecule has 1 aromatic carbocycles. The summed E-state index contributed by atoms with van der Waals surface area (Å²) in [5, 5.41) is 0.696. The molecule has 76 valence electrons. The van der Waals surface area contributed by atoms with E-state index in [1.165, 1.54) is 0 Å². The van der Waals surface area contributed by atoms with Crippen LogP contribution in [0.25, 0.3) is 0 Å². The second kappa shape index (κ2) is 5.01. The van der Waals surface area contributed by atoms with Gasteiger partial charge in [0.15, 0.2) is 0 Å². The first-order valence-corrected chi connectivity index (χ1v) is 4.86. The lowest BCUT2D eigenvalue weighted by molar-refractivity contribution is -0.117. The van der Waals surface area contributed by atoms with Gasteiger partial charge >= 0.3 is 0 Å². The van der Waals surface area contributed by atoms with E-state index in [9.17, 15) is 4.79 Å². The van der Waals surface area contributed by atoms with Gasteiger partial charge < -0.3 is 4.74 Å². The quantitative estimate of drug-likeness (QED) is 0.767. The van der Waals surface area contributed by atoms with Crippen molar-refractivity contribution in [3.8, 4) is 5.75 Å². The molecule has 0 radical (unpaired) electrons. The van der Waals surface area contributed by atoms with Crippen LogP contribution < -0.4 is 4.74 Å². The van der Waals surface area contributed by atoms with E-state index in [1.54, 1.807) is 13.0 Å². The van der Waals surface area contributed by atoms with E-state index in [0.29, 0.717) is 18.1 Å². The predicted molar refractivity (Wildman–Crippen MR) is 57.0 cm³/mol. The van der Waals surface area contributed by atoms with Crippen LogP contribution in [0.4, 0.5) is 0 Å². The minimum atomic E-state index is 0.136. The fourth-order valence-electron chi connectivity index (χ4n) is 1.08. The van der Waals surface area contributed by atoms with Crippen molar-refractivity contribution in [1.29, 1.82) is 0 Å². The van der Waals surface area contributed by atoms with E-state index in [1.807, 2.05) is 19.1 Å². The molecule has 0 spiro atoms. The van der Waals surface area contributed by atoms with Gasteiger partial charge in [0.2, 0.25) is 0 Å². The number of carbonyl (C=O) groups is 1. The Labute approximate surface area is 88.8 Å². The molecule has 0 aliphatic heterocycles. The maximum absolute atomic E-state index is 10.7. The Balaban J connectivity index is 2.55. The van der Waals surface area contributed by atoms with E-state index >= 15 is 0 Å². The third-order valence-corrected chi connectivity index (χ3v) is 2.08. The predicted octanol–water partition coefficient (Wildman–Crippen LogP) is 3.01. The fraction of sp³-hybridized carbons (Fsp3) is 0.364. The van der Waals surface area contributed by atoms with Crippen molar-refractivity contribution < 1.29 is 9.53 Å². The first kappa shape index (κ1) is 11.1. The van der Waals surface area contributed by atoms with Gasteiger partial charge in [-0.25, -0.2) is 0 Å². The summed E-state index contributed by atoms with van der Waals surface area (Å²) in [6.07, 6.45) is 0.446. The molecule has 0 heterocycles. The minimum absolute atomic E-state index is 0.136. The van der Waals surface area contributed by atoms with Crippen LogP contribution >= 0.6 is 11.6 Å². The number of carbonyl (C=O) groups excluding carboxylic acids is 1. The zero-order valence-corrected chi connectivity index (χ0v) is 9.10. The van der Waals surface area contributed by atoms with E-state index in [4.69, 9.17) is 16.3 Å². The first-order chi connectivity index (χ1) is 6.59. The number of Topliss-reactive ketones (excluding diaryl/α,β-unsaturated/α-hetero) is 1. The van der Waals surface area contributed by atoms with Gasteiger partial charge in [-0.2, -0.15) is 0 Å². The molecule has 0 atom stereocenters. The van der Waals surface area contributed by atoms with Crippen LogP contribution in [0.5, 0.6) is 5.75 Å². The van der Waals surface area contributed by atoms with Crippen molar-refractivity contribution in [3.63, 3.8) is 0 Å². The number of ether oxygens (including phenoxy) is 1. The maximum Gasteiger partial charge on any atom is 0.133 e. The standard InChI is InChI=1S/C11H13ClO2/c1-8-7-10(12)3-4-11(8)14-6-5-9(2)13/h3-4,7H,5-6H2,1-2H3. The Hall–Kier alpha value is -1.02. The number of halogens is 1. The summed E-state index contributed by atoms with van der Waals surface area (Å²) in [5.41, 5.74) is 0.987. The molecule has 3 heteroatoms. The molecule has 2 nitrogen and oxygen atoms in total. The lowest BCUT2D eigenvalue weighted by Crippen LogP contribution is -2.03. The molecule has 1 aromatic rings. The highest BCUT2D eigenvalue weighted by Crippen LogP contribution is 2.21. The molecule has 14 heavy (non-hydrogen) atoms. The average Bonchev–Trinajstić information content (AvgIpc) is 2.08. The zero-order valence-electron chi connectivity index (χ0n) is 8.34. The van der Waals surface area contributed by atoms with Gasteiger partial charge in [0.25, 0.3) is 0 Å². The highest BCUT2D eigenvalue weighted by Gasteiger charge is 2.00. The number of rotatable bonds is 4. The van der Waals surface area contributed by atoms with E-state index in [2.05, 4.69) is 0 Å². The summed E-state index contributed by atoms with van der Waals surface area (Å²) in [6, 6.07) is 5.43. The molecular weight excluding hydrogens is 200 g/mol. The SMILES string of the molecule is CC(=O)CCOc1ccc(Cl)cc1C. The van der Waals surface area contributed by atoms with Crippen LogP contribution in [-0.2, 0) is 4.79 Å². The van der Waals surface area contributed by atoms with Crippen molar-refractivity contribution in [3.05, 3.63) is 28.8 Å². The molecule has 0 saturated carbocycles. The van der Waals surface area contributed by atoms with Gasteiger partial charge in [0.05, 0.1) is 6.61 Å². The number of hydrogen-bond acceptors (Lipinski definition) is 2. The lowest BCUT2D eigenvalue weighted by Gasteiger charge is -2.07. The molecule has 0 amide bonds. The van der Waals surface area contributed by atoms with Crippen molar-refractivity contribution in [1.82, 2.24) is 0 Å². The van der Waals surface area contributed by atoms with Crippen LogP contribution in [0, 0.1) is 6.92 Å². The molecule has 0 fully saturated rings. The molecule has 0 N–H and O–H groups in total. The van der Waals surface area contributed by atoms with Crippen molar-refractivity contribution >= 4 is 17.4 Å². The normalized spacial score (nSPS) is 9.93. The molecule has 0 unspecified atom stereocenters. The Bertz CT molecular complexity index is 334. The van der Waals surface area contributed by atoms with Gasteiger partial charge in [-0.1, -0.05) is 11.6 Å². The van der Waals surface area contributed by atoms with E-state index in [-0.39, 0.29) is 5.78 Å². The molecule has 0 aromatic heterocycles. The zero-order chi connectivity index (χ0) is 10.6. The molecule has 0 bridgehead atoms. The molecule has 0 saturated heterocycles. The number of aryl methyl sites for hydroxylation is 1. The van der Waals surface area contributed by atoms with Crippen LogP contribution in [0.2, 0.25) is 5.02 Å². The monoisotopic (exact) mass is 212 g/mol. The number of hydrogen-bond donors (Lipinski definition) is 0. The number of benzene rings is 1. The van der Waals surface area contributed by atoms with Crippen LogP contribution in [0.3, 0.4) is 0 Å². The molecule has 0 aliphatic rings. The van der Waals surface area contributed by atoms with Gasteiger partial charge in [0, 0.05) is 11.4 Å². The highest BCUT2D eigenvalue weighted by molar-refractivity contribution is 6.30. The van der Waals surface area contributed by atoms with Crippen LogP contribution in [0.1, 0.15) is 18.9 Å². The molecular formula is C11H13ClO2. The topological polar surface area (TPSA) is 26.3 Å². The Morgan fingerprint density at radius 3 is 2.79 bits per heavy atom. The summed E-state index contributed by atoms with van der Waals surface area (Å²) in [5.74, 6) is 0.923. The van der Waals surface area contributed by atoms with E-state index < -0.39 is 0 Å². The molecule has 1 rings (SSSR count). The third-order valence-electron chi connectivity index (χ3n) is 1.85. The van der Waals surface area contributed by atoms with E-state index in [0.717, 1.165) is 11.3 Å². The van der Waals surface area contributed by atoms with Gasteiger partial charge in [-0.05, 0) is 37.6 Å². The second-order valence-corrected chi connectivity index (χ2v) is 3.65. The Morgan fingerprint density at radius 2 is 2.21 bits per heavy atom. The summed E-state index contributed by atoms with van der Waals surface area (Å²) in [4.78, 5) is 10.7. The van der Waals surface area contributed by atoms with Crippen LogP contribution in [0.15, 0.2) is 18.2 Å². The lowest BCUT2D eigenvalue weighted by atomic mass is 10.2. The summed E-state index contributed by atoms with van der Waals surface area (Å²) in [6.45, 7) is 3.91.